The number of hydrogen-bond acceptors (Lipinski definition) is 3. The van der Waals surface area contributed by atoms with Gasteiger partial charge in [0.25, 0.3) is 0 Å². The Morgan fingerprint density at radius 2 is 1.79 bits per heavy atom. The molecule has 0 fully saturated rings. The molecule has 0 atom stereocenters. The number of halogens is 1. The number of para-hydroxylation sites is 1. The summed E-state index contributed by atoms with van der Waals surface area (Å²) >= 11 is 0. The average molecular weight is 466 g/mol. The number of benzene rings is 2. The Morgan fingerprint density at radius 1 is 1.06 bits per heavy atom. The fraction of sp³-hybridized carbons (Fsp3) is 0.346. The second-order valence-electron chi connectivity index (χ2n) is 9.30. The van der Waals surface area contributed by atoms with Gasteiger partial charge >= 0.3 is 6.03 Å². The van der Waals surface area contributed by atoms with Crippen LogP contribution < -0.4 is 10.6 Å². The summed E-state index contributed by atoms with van der Waals surface area (Å²) in [5.41, 5.74) is 2.58. The molecule has 0 saturated carbocycles. The number of aromatic nitrogens is 2. The highest BCUT2D eigenvalue weighted by atomic mass is 19.1. The van der Waals surface area contributed by atoms with Crippen LogP contribution in [0.2, 0.25) is 0 Å². The van der Waals surface area contributed by atoms with Crippen LogP contribution in [0.25, 0.3) is 5.69 Å². The maximum atomic E-state index is 14.0. The van der Waals surface area contributed by atoms with Crippen molar-refractivity contribution in [2.24, 2.45) is 0 Å². The van der Waals surface area contributed by atoms with Crippen LogP contribution in [-0.2, 0) is 10.2 Å². The first-order chi connectivity index (χ1) is 16.1. The summed E-state index contributed by atoms with van der Waals surface area (Å²) < 4.78 is 15.7. The van der Waals surface area contributed by atoms with Crippen LogP contribution in [0.4, 0.5) is 20.7 Å². The van der Waals surface area contributed by atoms with E-state index in [1.54, 1.807) is 16.8 Å². The summed E-state index contributed by atoms with van der Waals surface area (Å²) in [6, 6.07) is 15.1. The average Bonchev–Trinajstić information content (AvgIpc) is 3.19. The first-order valence-electron chi connectivity index (χ1n) is 11.4. The monoisotopic (exact) mass is 465 g/mol. The molecule has 1 heterocycles. The minimum Gasteiger partial charge on any atom is -0.315 e. The van der Waals surface area contributed by atoms with E-state index in [1.165, 1.54) is 17.0 Å². The molecule has 0 aliphatic carbocycles. The Morgan fingerprint density at radius 3 is 2.44 bits per heavy atom. The van der Waals surface area contributed by atoms with Crippen LogP contribution in [0, 0.1) is 12.7 Å². The summed E-state index contributed by atoms with van der Waals surface area (Å²) in [5, 5.41) is 10.2. The second kappa shape index (κ2) is 10.5. The van der Waals surface area contributed by atoms with Gasteiger partial charge in [0.2, 0.25) is 5.91 Å². The molecule has 7 nitrogen and oxygen atoms in total. The van der Waals surface area contributed by atoms with Crippen LogP contribution in [0.3, 0.4) is 0 Å². The third-order valence-corrected chi connectivity index (χ3v) is 5.22. The lowest BCUT2D eigenvalue weighted by Gasteiger charge is -2.22. The number of nitrogens with zero attached hydrogens (tertiary/aromatic N) is 3. The van der Waals surface area contributed by atoms with Gasteiger partial charge in [0.05, 0.1) is 17.1 Å². The molecule has 3 aromatic rings. The van der Waals surface area contributed by atoms with Gasteiger partial charge in [-0.15, -0.1) is 0 Å². The molecule has 2 N–H and O–H groups in total. The van der Waals surface area contributed by atoms with Crippen molar-refractivity contribution in [3.05, 3.63) is 71.7 Å². The fourth-order valence-electron chi connectivity index (χ4n) is 3.43. The van der Waals surface area contributed by atoms with E-state index in [9.17, 15) is 14.0 Å². The number of aryl methyl sites for hydroxylation is 1. The SMILES string of the molecule is CCCN(CC(=O)Nc1cc(C(C)(C)C)nn1-c1cccc(C)c1)C(=O)Nc1ccccc1F. The number of amides is 3. The van der Waals surface area contributed by atoms with Crippen molar-refractivity contribution in [1.82, 2.24) is 14.7 Å². The van der Waals surface area contributed by atoms with E-state index in [2.05, 4.69) is 31.4 Å². The predicted molar refractivity (Wildman–Crippen MR) is 133 cm³/mol. The predicted octanol–water partition coefficient (Wildman–Crippen LogP) is 5.50. The van der Waals surface area contributed by atoms with E-state index < -0.39 is 11.8 Å². The van der Waals surface area contributed by atoms with Gasteiger partial charge in [-0.25, -0.2) is 13.9 Å². The summed E-state index contributed by atoms with van der Waals surface area (Å²) in [6.45, 7) is 10.2. The Hall–Kier alpha value is -3.68. The standard InChI is InChI=1S/C26H32FN5O2/c1-6-14-31(25(34)28-21-13-8-7-12-20(21)27)17-24(33)29-23-16-22(26(3,4)5)30-32(23)19-11-9-10-18(2)15-19/h7-13,15-16H,6,14,17H2,1-5H3,(H,28,34)(H,29,33). The number of urea groups is 1. The van der Waals surface area contributed by atoms with Crippen molar-refractivity contribution in [3.63, 3.8) is 0 Å². The Labute approximate surface area is 200 Å². The van der Waals surface area contributed by atoms with E-state index in [0.717, 1.165) is 16.9 Å². The quantitative estimate of drug-likeness (QED) is 0.484. The minimum atomic E-state index is -0.537. The molecule has 0 bridgehead atoms. The lowest BCUT2D eigenvalue weighted by atomic mass is 9.92. The highest BCUT2D eigenvalue weighted by Gasteiger charge is 2.23. The second-order valence-corrected chi connectivity index (χ2v) is 9.30. The molecule has 180 valence electrons. The Balaban J connectivity index is 1.81. The van der Waals surface area contributed by atoms with E-state index in [0.29, 0.717) is 18.8 Å². The van der Waals surface area contributed by atoms with Crippen molar-refractivity contribution in [1.29, 1.82) is 0 Å². The summed E-state index contributed by atoms with van der Waals surface area (Å²) in [6.07, 6.45) is 0.646. The number of nitrogens with one attached hydrogen (secondary N) is 2. The number of carbonyl (C=O) groups excluding carboxylic acids is 2. The van der Waals surface area contributed by atoms with E-state index in [-0.39, 0.29) is 23.6 Å². The number of hydrogen-bond donors (Lipinski definition) is 2. The van der Waals surface area contributed by atoms with Gasteiger partial charge in [0, 0.05) is 18.0 Å². The van der Waals surface area contributed by atoms with Gasteiger partial charge in [-0.1, -0.05) is 52.0 Å². The van der Waals surface area contributed by atoms with Crippen molar-refractivity contribution < 1.29 is 14.0 Å². The van der Waals surface area contributed by atoms with Crippen LogP contribution in [-0.4, -0.2) is 39.7 Å². The smallest absolute Gasteiger partial charge is 0.315 e. The normalized spacial score (nSPS) is 11.2. The molecule has 0 aliphatic heterocycles. The topological polar surface area (TPSA) is 79.3 Å². The van der Waals surface area contributed by atoms with Crippen molar-refractivity contribution in [2.75, 3.05) is 23.7 Å². The first-order valence-corrected chi connectivity index (χ1v) is 11.4. The molecule has 8 heteroatoms. The van der Waals surface area contributed by atoms with Gasteiger partial charge in [-0.05, 0) is 43.2 Å². The highest BCUT2D eigenvalue weighted by molar-refractivity contribution is 5.96. The first kappa shape index (κ1) is 25.0. The van der Waals surface area contributed by atoms with Crippen LogP contribution in [0.5, 0.6) is 0 Å². The molecular formula is C26H32FN5O2. The van der Waals surface area contributed by atoms with Crippen molar-refractivity contribution in [3.8, 4) is 5.69 Å². The Kier molecular flexibility index (Phi) is 7.71. The molecule has 0 aliphatic rings. The molecule has 0 unspecified atom stereocenters. The highest BCUT2D eigenvalue weighted by Crippen LogP contribution is 2.26. The minimum absolute atomic E-state index is 0.0707. The summed E-state index contributed by atoms with van der Waals surface area (Å²) in [7, 11) is 0. The molecule has 1 aromatic heterocycles. The number of rotatable bonds is 7. The largest absolute Gasteiger partial charge is 0.322 e. The zero-order valence-electron chi connectivity index (χ0n) is 20.4. The van der Waals surface area contributed by atoms with Gasteiger partial charge in [0.15, 0.2) is 0 Å². The number of carbonyl (C=O) groups is 2. The zero-order valence-corrected chi connectivity index (χ0v) is 20.4. The third-order valence-electron chi connectivity index (χ3n) is 5.22. The molecule has 0 radical (unpaired) electrons. The lowest BCUT2D eigenvalue weighted by molar-refractivity contribution is -0.116. The molecule has 0 saturated heterocycles. The maximum Gasteiger partial charge on any atom is 0.322 e. The van der Waals surface area contributed by atoms with Gasteiger partial charge < -0.3 is 15.5 Å². The zero-order chi connectivity index (χ0) is 24.9. The number of anilines is 2. The lowest BCUT2D eigenvalue weighted by Crippen LogP contribution is -2.41. The molecule has 34 heavy (non-hydrogen) atoms. The summed E-state index contributed by atoms with van der Waals surface area (Å²) in [4.78, 5) is 27.1. The van der Waals surface area contributed by atoms with Crippen LogP contribution in [0.1, 0.15) is 45.4 Å². The Bertz CT molecular complexity index is 1170. The van der Waals surface area contributed by atoms with Crippen molar-refractivity contribution in [2.45, 2.75) is 46.5 Å². The maximum absolute atomic E-state index is 14.0. The molecule has 3 amide bonds. The molecule has 0 spiro atoms. The van der Waals surface area contributed by atoms with E-state index in [1.807, 2.05) is 44.2 Å². The van der Waals surface area contributed by atoms with Crippen molar-refractivity contribution >= 4 is 23.4 Å². The summed E-state index contributed by atoms with van der Waals surface area (Å²) in [5.74, 6) is -0.383. The van der Waals surface area contributed by atoms with Crippen LogP contribution >= 0.6 is 0 Å². The van der Waals surface area contributed by atoms with Gasteiger partial charge in [-0.3, -0.25) is 4.79 Å². The van der Waals surface area contributed by atoms with Gasteiger partial charge in [0.1, 0.15) is 18.2 Å². The molecule has 2 aromatic carbocycles. The third kappa shape index (κ3) is 6.21. The van der Waals surface area contributed by atoms with Gasteiger partial charge in [-0.2, -0.15) is 5.10 Å². The molecular weight excluding hydrogens is 433 g/mol. The van der Waals surface area contributed by atoms with E-state index >= 15 is 0 Å². The molecule has 3 rings (SSSR count). The van der Waals surface area contributed by atoms with E-state index in [4.69, 9.17) is 5.10 Å². The fourth-order valence-corrected chi connectivity index (χ4v) is 3.43. The van der Waals surface area contributed by atoms with Crippen LogP contribution in [0.15, 0.2) is 54.6 Å².